The largest absolute Gasteiger partial charge is 0.391 e. The average molecular weight is 397 g/mol. The van der Waals surface area contributed by atoms with E-state index in [0.717, 1.165) is 17.5 Å². The SMILES string of the molecule is O=C(c1ccncc1Cl)N1C[C@H]2C[C@@H](n3cnc4ccccc43)[C@H](O)C[C@H]2C1. The Morgan fingerprint density at radius 3 is 2.75 bits per heavy atom. The summed E-state index contributed by atoms with van der Waals surface area (Å²) in [6.45, 7) is 1.36. The zero-order chi connectivity index (χ0) is 19.3. The van der Waals surface area contributed by atoms with Gasteiger partial charge in [-0.1, -0.05) is 23.7 Å². The van der Waals surface area contributed by atoms with Crippen molar-refractivity contribution < 1.29 is 9.90 Å². The van der Waals surface area contributed by atoms with Gasteiger partial charge in [0.1, 0.15) is 0 Å². The van der Waals surface area contributed by atoms with Gasteiger partial charge in [0.15, 0.2) is 0 Å². The van der Waals surface area contributed by atoms with Crippen LogP contribution in [0, 0.1) is 11.8 Å². The summed E-state index contributed by atoms with van der Waals surface area (Å²) in [7, 11) is 0. The zero-order valence-electron chi connectivity index (χ0n) is 15.3. The Kier molecular flexibility index (Phi) is 4.33. The van der Waals surface area contributed by atoms with Crippen molar-refractivity contribution in [1.82, 2.24) is 19.4 Å². The molecule has 2 aromatic heterocycles. The first-order valence-corrected chi connectivity index (χ1v) is 9.98. The number of pyridine rings is 1. The van der Waals surface area contributed by atoms with E-state index in [4.69, 9.17) is 11.6 Å². The molecule has 4 atom stereocenters. The molecule has 7 heteroatoms. The van der Waals surface area contributed by atoms with Crippen LogP contribution in [0.4, 0.5) is 0 Å². The lowest BCUT2D eigenvalue weighted by atomic mass is 9.77. The van der Waals surface area contributed by atoms with Crippen LogP contribution in [-0.2, 0) is 0 Å². The van der Waals surface area contributed by atoms with Gasteiger partial charge in [0.25, 0.3) is 5.91 Å². The van der Waals surface area contributed by atoms with E-state index in [1.165, 1.54) is 6.20 Å². The fraction of sp³-hybridized carbons (Fsp3) is 0.381. The number of para-hydroxylation sites is 2. The molecule has 1 aliphatic heterocycles. The fourth-order valence-electron chi connectivity index (χ4n) is 4.83. The summed E-state index contributed by atoms with van der Waals surface area (Å²) in [6.07, 6.45) is 6.00. The van der Waals surface area contributed by atoms with Gasteiger partial charge in [0.2, 0.25) is 0 Å². The number of imidazole rings is 1. The monoisotopic (exact) mass is 396 g/mol. The number of benzene rings is 1. The molecule has 3 heterocycles. The standard InChI is InChI=1S/C21H21ClN4O2/c22-16-9-23-6-5-15(16)21(28)25-10-13-7-19(20(27)8-14(13)11-25)26-12-24-17-3-1-2-4-18(17)26/h1-6,9,12-14,19-20,27H,7-8,10-11H2/t13-,14+,19-,20-/m1/s1. The number of nitrogens with zero attached hydrogens (tertiary/aromatic N) is 4. The second-order valence-corrected chi connectivity index (χ2v) is 8.24. The molecule has 1 saturated heterocycles. The van der Waals surface area contributed by atoms with E-state index in [1.54, 1.807) is 12.3 Å². The maximum absolute atomic E-state index is 12.9. The quantitative estimate of drug-likeness (QED) is 0.722. The smallest absolute Gasteiger partial charge is 0.255 e. The van der Waals surface area contributed by atoms with E-state index in [1.807, 2.05) is 35.5 Å². The maximum Gasteiger partial charge on any atom is 0.255 e. The van der Waals surface area contributed by atoms with Crippen LogP contribution in [0.25, 0.3) is 11.0 Å². The molecule has 1 aromatic carbocycles. The van der Waals surface area contributed by atoms with Gasteiger partial charge >= 0.3 is 0 Å². The van der Waals surface area contributed by atoms with Crippen LogP contribution in [0.15, 0.2) is 49.1 Å². The Bertz CT molecular complexity index is 1040. The van der Waals surface area contributed by atoms with Gasteiger partial charge in [-0.15, -0.1) is 0 Å². The molecule has 6 nitrogen and oxygen atoms in total. The highest BCUT2D eigenvalue weighted by Crippen LogP contribution is 2.42. The van der Waals surface area contributed by atoms with Gasteiger partial charge < -0.3 is 14.6 Å². The summed E-state index contributed by atoms with van der Waals surface area (Å²) >= 11 is 6.16. The molecule has 1 amide bonds. The highest BCUT2D eigenvalue weighted by atomic mass is 35.5. The van der Waals surface area contributed by atoms with Crippen molar-refractivity contribution in [1.29, 1.82) is 0 Å². The molecule has 0 unspecified atom stereocenters. The maximum atomic E-state index is 12.9. The number of amides is 1. The lowest BCUT2D eigenvalue weighted by Gasteiger charge is -2.36. The Balaban J connectivity index is 1.37. The van der Waals surface area contributed by atoms with Gasteiger partial charge in [0, 0.05) is 25.5 Å². The highest BCUT2D eigenvalue weighted by Gasteiger charge is 2.44. The number of rotatable bonds is 2. The summed E-state index contributed by atoms with van der Waals surface area (Å²) in [6, 6.07) is 9.63. The number of aliphatic hydroxyl groups is 1. The molecule has 1 saturated carbocycles. The van der Waals surface area contributed by atoms with Gasteiger partial charge in [-0.05, 0) is 42.9 Å². The number of hydrogen-bond donors (Lipinski definition) is 1. The first-order chi connectivity index (χ1) is 13.6. The van der Waals surface area contributed by atoms with Crippen LogP contribution in [0.5, 0.6) is 0 Å². The second-order valence-electron chi connectivity index (χ2n) is 7.83. The normalized spacial score (nSPS) is 27.1. The molecule has 1 aliphatic carbocycles. The minimum atomic E-state index is -0.446. The summed E-state index contributed by atoms with van der Waals surface area (Å²) in [5.74, 6) is 0.616. The second kappa shape index (κ2) is 6.87. The third-order valence-corrected chi connectivity index (χ3v) is 6.54. The fourth-order valence-corrected chi connectivity index (χ4v) is 5.03. The van der Waals surface area contributed by atoms with E-state index in [9.17, 15) is 9.90 Å². The topological polar surface area (TPSA) is 71.2 Å². The molecule has 3 aromatic rings. The molecule has 5 rings (SSSR count). The van der Waals surface area contributed by atoms with Gasteiger partial charge in [-0.25, -0.2) is 4.98 Å². The molecule has 144 valence electrons. The third-order valence-electron chi connectivity index (χ3n) is 6.24. The van der Waals surface area contributed by atoms with Crippen molar-refractivity contribution >= 4 is 28.5 Å². The van der Waals surface area contributed by atoms with Crippen molar-refractivity contribution in [2.24, 2.45) is 11.8 Å². The Morgan fingerprint density at radius 1 is 1.14 bits per heavy atom. The third kappa shape index (κ3) is 2.88. The minimum absolute atomic E-state index is 0.0202. The lowest BCUT2D eigenvalue weighted by molar-refractivity contribution is 0.0374. The predicted octanol–water partition coefficient (Wildman–Crippen LogP) is 3.17. The summed E-state index contributed by atoms with van der Waals surface area (Å²) in [5, 5.41) is 11.2. The van der Waals surface area contributed by atoms with Crippen molar-refractivity contribution in [3.63, 3.8) is 0 Å². The average Bonchev–Trinajstić information content (AvgIpc) is 3.31. The number of likely N-dealkylation sites (tertiary alicyclic amines) is 1. The zero-order valence-corrected chi connectivity index (χ0v) is 16.0. The highest BCUT2D eigenvalue weighted by molar-refractivity contribution is 6.33. The van der Waals surface area contributed by atoms with Crippen molar-refractivity contribution in [2.45, 2.75) is 25.0 Å². The summed E-state index contributed by atoms with van der Waals surface area (Å²) < 4.78 is 2.10. The first kappa shape index (κ1) is 17.6. The van der Waals surface area contributed by atoms with Crippen molar-refractivity contribution in [3.8, 4) is 0 Å². The van der Waals surface area contributed by atoms with Gasteiger partial charge in [0.05, 0.1) is 40.1 Å². The van der Waals surface area contributed by atoms with E-state index >= 15 is 0 Å². The molecule has 2 aliphatic rings. The number of halogens is 1. The number of carbonyl (C=O) groups is 1. The van der Waals surface area contributed by atoms with Crippen LogP contribution in [-0.4, -0.2) is 49.6 Å². The molecule has 0 radical (unpaired) electrons. The number of aliphatic hydroxyl groups excluding tert-OH is 1. The molecule has 2 fully saturated rings. The van der Waals surface area contributed by atoms with Crippen LogP contribution >= 0.6 is 11.6 Å². The van der Waals surface area contributed by atoms with Crippen LogP contribution in [0.2, 0.25) is 5.02 Å². The first-order valence-electron chi connectivity index (χ1n) is 9.60. The predicted molar refractivity (Wildman–Crippen MR) is 106 cm³/mol. The number of aromatic nitrogens is 3. The minimum Gasteiger partial charge on any atom is -0.391 e. The summed E-state index contributed by atoms with van der Waals surface area (Å²) in [4.78, 5) is 23.2. The molecule has 0 bridgehead atoms. The molecular formula is C21H21ClN4O2. The van der Waals surface area contributed by atoms with Gasteiger partial charge in [-0.2, -0.15) is 0 Å². The molecule has 1 N–H and O–H groups in total. The molecule has 28 heavy (non-hydrogen) atoms. The number of carbonyl (C=O) groups excluding carboxylic acids is 1. The molecule has 0 spiro atoms. The number of fused-ring (bicyclic) bond motifs is 2. The number of hydrogen-bond acceptors (Lipinski definition) is 4. The van der Waals surface area contributed by atoms with Crippen molar-refractivity contribution in [3.05, 3.63) is 59.6 Å². The molecular weight excluding hydrogens is 376 g/mol. The van der Waals surface area contributed by atoms with Crippen molar-refractivity contribution in [2.75, 3.05) is 13.1 Å². The summed E-state index contributed by atoms with van der Waals surface area (Å²) in [5.41, 5.74) is 2.47. The lowest BCUT2D eigenvalue weighted by Crippen LogP contribution is -2.36. The van der Waals surface area contributed by atoms with Crippen LogP contribution < -0.4 is 0 Å². The van der Waals surface area contributed by atoms with E-state index < -0.39 is 6.10 Å². The van der Waals surface area contributed by atoms with E-state index in [2.05, 4.69) is 14.5 Å². The van der Waals surface area contributed by atoms with Crippen LogP contribution in [0.1, 0.15) is 29.2 Å². The Morgan fingerprint density at radius 2 is 1.93 bits per heavy atom. The van der Waals surface area contributed by atoms with Crippen LogP contribution in [0.3, 0.4) is 0 Å². The Labute approximate surface area is 167 Å². The Hall–Kier alpha value is -2.44. The van der Waals surface area contributed by atoms with E-state index in [0.29, 0.717) is 41.9 Å². The van der Waals surface area contributed by atoms with E-state index in [-0.39, 0.29) is 11.9 Å². The van der Waals surface area contributed by atoms with Gasteiger partial charge in [-0.3, -0.25) is 9.78 Å².